The van der Waals surface area contributed by atoms with Crippen molar-refractivity contribution < 1.29 is 14.4 Å². The molecule has 0 radical (unpaired) electrons. The summed E-state index contributed by atoms with van der Waals surface area (Å²) in [5, 5.41) is 2.64. The van der Waals surface area contributed by atoms with Gasteiger partial charge in [-0.15, -0.1) is 0 Å². The first-order valence-electron chi connectivity index (χ1n) is 7.63. The van der Waals surface area contributed by atoms with Gasteiger partial charge in [-0.3, -0.25) is 14.4 Å². The van der Waals surface area contributed by atoms with E-state index in [1.165, 1.54) is 6.92 Å². The summed E-state index contributed by atoms with van der Waals surface area (Å²) in [4.78, 5) is 36.0. The second-order valence-corrected chi connectivity index (χ2v) is 6.43. The number of nitrogens with one attached hydrogen (secondary N) is 1. The average Bonchev–Trinajstić information content (AvgIpc) is 3.03. The van der Waals surface area contributed by atoms with Crippen LogP contribution in [0.5, 0.6) is 0 Å². The summed E-state index contributed by atoms with van der Waals surface area (Å²) in [5.74, 6) is -1.51. The number of rotatable bonds is 7. The normalized spacial score (nSPS) is 12.0. The largest absolute Gasteiger partial charge is 0.340 e. The molecule has 1 aromatic carbocycles. The van der Waals surface area contributed by atoms with Gasteiger partial charge in [-0.1, -0.05) is 44.2 Å². The zero-order valence-corrected chi connectivity index (χ0v) is 14.6. The lowest BCUT2D eigenvalue weighted by molar-refractivity contribution is -0.136. The standard InChI is InChI=1S/C17H19N3O3S/c1-10(2)9-13(16(22)11(3)21)18-17(23)15-14(19-24-20-15)12-7-5-4-6-8-12/h4-8,10,13H,9H2,1-3H3,(H,18,23). The summed E-state index contributed by atoms with van der Waals surface area (Å²) in [6.07, 6.45) is 0.391. The number of hydrogen-bond donors (Lipinski definition) is 1. The molecule has 0 saturated heterocycles. The molecule has 0 spiro atoms. The number of carbonyl (C=O) groups is 3. The van der Waals surface area contributed by atoms with Crippen molar-refractivity contribution in [3.8, 4) is 11.3 Å². The molecular weight excluding hydrogens is 326 g/mol. The molecule has 1 aromatic heterocycles. The van der Waals surface area contributed by atoms with E-state index in [1.807, 2.05) is 44.2 Å². The third-order valence-corrected chi connectivity index (χ3v) is 3.96. The van der Waals surface area contributed by atoms with E-state index in [9.17, 15) is 14.4 Å². The van der Waals surface area contributed by atoms with Crippen LogP contribution in [0.25, 0.3) is 11.3 Å². The van der Waals surface area contributed by atoms with Crippen molar-refractivity contribution in [2.24, 2.45) is 5.92 Å². The van der Waals surface area contributed by atoms with Gasteiger partial charge in [0.05, 0.1) is 17.8 Å². The smallest absolute Gasteiger partial charge is 0.273 e. The summed E-state index contributed by atoms with van der Waals surface area (Å²) < 4.78 is 8.22. The van der Waals surface area contributed by atoms with Crippen LogP contribution in [0.1, 0.15) is 37.7 Å². The minimum absolute atomic E-state index is 0.153. The number of carbonyl (C=O) groups excluding carboxylic acids is 3. The van der Waals surface area contributed by atoms with Crippen molar-refractivity contribution in [2.75, 3.05) is 0 Å². The van der Waals surface area contributed by atoms with Gasteiger partial charge in [-0.2, -0.15) is 8.75 Å². The maximum absolute atomic E-state index is 12.5. The fraction of sp³-hybridized carbons (Fsp3) is 0.353. The molecule has 1 atom stereocenters. The van der Waals surface area contributed by atoms with Crippen molar-refractivity contribution in [1.29, 1.82) is 0 Å². The van der Waals surface area contributed by atoms with E-state index in [-0.39, 0.29) is 11.6 Å². The average molecular weight is 345 g/mol. The minimum Gasteiger partial charge on any atom is -0.340 e. The van der Waals surface area contributed by atoms with E-state index >= 15 is 0 Å². The van der Waals surface area contributed by atoms with E-state index in [0.29, 0.717) is 12.1 Å². The molecule has 0 aliphatic heterocycles. The Morgan fingerprint density at radius 3 is 2.38 bits per heavy atom. The summed E-state index contributed by atoms with van der Waals surface area (Å²) in [5.41, 5.74) is 1.41. The summed E-state index contributed by atoms with van der Waals surface area (Å²) in [7, 11) is 0. The molecule has 0 fully saturated rings. The van der Waals surface area contributed by atoms with E-state index < -0.39 is 23.5 Å². The molecule has 6 nitrogen and oxygen atoms in total. The maximum Gasteiger partial charge on any atom is 0.273 e. The van der Waals surface area contributed by atoms with Crippen molar-refractivity contribution in [1.82, 2.24) is 14.1 Å². The molecule has 2 aromatic rings. The predicted molar refractivity (Wildman–Crippen MR) is 91.7 cm³/mol. The minimum atomic E-state index is -0.847. The molecule has 1 amide bonds. The van der Waals surface area contributed by atoms with Crippen LogP contribution in [0.15, 0.2) is 30.3 Å². The van der Waals surface area contributed by atoms with Crippen LogP contribution >= 0.6 is 11.7 Å². The predicted octanol–water partition coefficient (Wildman–Crippen LogP) is 2.51. The Bertz CT molecular complexity index is 741. The molecule has 0 saturated carbocycles. The van der Waals surface area contributed by atoms with Gasteiger partial charge in [0, 0.05) is 12.5 Å². The monoisotopic (exact) mass is 345 g/mol. The van der Waals surface area contributed by atoms with Crippen molar-refractivity contribution >= 4 is 29.2 Å². The van der Waals surface area contributed by atoms with Crippen molar-refractivity contribution in [3.63, 3.8) is 0 Å². The van der Waals surface area contributed by atoms with E-state index in [1.54, 1.807) is 0 Å². The lowest BCUT2D eigenvalue weighted by Crippen LogP contribution is -2.44. The van der Waals surface area contributed by atoms with Gasteiger partial charge >= 0.3 is 0 Å². The summed E-state index contributed by atoms with van der Waals surface area (Å²) in [6.45, 7) is 5.06. The maximum atomic E-state index is 12.5. The van der Waals surface area contributed by atoms with Gasteiger partial charge in [-0.05, 0) is 12.3 Å². The van der Waals surface area contributed by atoms with Crippen molar-refractivity contribution in [2.45, 2.75) is 33.2 Å². The fourth-order valence-electron chi connectivity index (χ4n) is 2.30. The number of benzene rings is 1. The molecule has 126 valence electrons. The van der Waals surface area contributed by atoms with Crippen LogP contribution in [-0.4, -0.2) is 32.3 Å². The fourth-order valence-corrected chi connectivity index (χ4v) is 2.86. The van der Waals surface area contributed by atoms with Crippen LogP contribution < -0.4 is 5.32 Å². The highest BCUT2D eigenvalue weighted by Gasteiger charge is 2.27. The molecule has 0 bridgehead atoms. The highest BCUT2D eigenvalue weighted by atomic mass is 32.1. The Kier molecular flexibility index (Phi) is 5.92. The van der Waals surface area contributed by atoms with Crippen LogP contribution in [0, 0.1) is 5.92 Å². The topological polar surface area (TPSA) is 89.0 Å². The number of hydrogen-bond acceptors (Lipinski definition) is 6. The zero-order valence-electron chi connectivity index (χ0n) is 13.8. The Labute approximate surface area is 144 Å². The van der Waals surface area contributed by atoms with Gasteiger partial charge in [0.15, 0.2) is 11.5 Å². The lowest BCUT2D eigenvalue weighted by atomic mass is 9.98. The second-order valence-electron chi connectivity index (χ2n) is 5.90. The van der Waals surface area contributed by atoms with Gasteiger partial charge in [0.25, 0.3) is 5.91 Å². The molecule has 7 heteroatoms. The SMILES string of the molecule is CC(=O)C(=O)C(CC(C)C)NC(=O)c1nsnc1-c1ccccc1. The first-order chi connectivity index (χ1) is 11.4. The van der Waals surface area contributed by atoms with Gasteiger partial charge in [-0.25, -0.2) is 0 Å². The Morgan fingerprint density at radius 2 is 1.79 bits per heavy atom. The van der Waals surface area contributed by atoms with Crippen LogP contribution in [-0.2, 0) is 9.59 Å². The lowest BCUT2D eigenvalue weighted by Gasteiger charge is -2.17. The van der Waals surface area contributed by atoms with E-state index in [2.05, 4.69) is 14.1 Å². The van der Waals surface area contributed by atoms with Crippen molar-refractivity contribution in [3.05, 3.63) is 36.0 Å². The Hall–Kier alpha value is -2.41. The van der Waals surface area contributed by atoms with Gasteiger partial charge in [0.2, 0.25) is 5.78 Å². The third-order valence-electron chi connectivity index (χ3n) is 3.43. The van der Waals surface area contributed by atoms with E-state index in [0.717, 1.165) is 17.3 Å². The molecular formula is C17H19N3O3S. The highest BCUT2D eigenvalue weighted by molar-refractivity contribution is 6.99. The summed E-state index contributed by atoms with van der Waals surface area (Å²) >= 11 is 0.932. The second kappa shape index (κ2) is 7.92. The number of amides is 1. The van der Waals surface area contributed by atoms with Crippen LogP contribution in [0.3, 0.4) is 0 Å². The Balaban J connectivity index is 2.24. The molecule has 24 heavy (non-hydrogen) atoms. The van der Waals surface area contributed by atoms with E-state index in [4.69, 9.17) is 0 Å². The molecule has 1 unspecified atom stereocenters. The zero-order chi connectivity index (χ0) is 17.7. The molecule has 1 N–H and O–H groups in total. The first kappa shape index (κ1) is 17.9. The number of nitrogens with zero attached hydrogens (tertiary/aromatic N) is 2. The number of Topliss-reactive ketones (excluding diaryl/α,β-unsaturated/α-hetero) is 2. The first-order valence-corrected chi connectivity index (χ1v) is 8.36. The molecule has 0 aliphatic carbocycles. The van der Waals surface area contributed by atoms with Gasteiger partial charge < -0.3 is 5.32 Å². The van der Waals surface area contributed by atoms with Gasteiger partial charge in [0.1, 0.15) is 5.69 Å². The molecule has 2 rings (SSSR count). The number of aromatic nitrogens is 2. The quantitative estimate of drug-likeness (QED) is 0.779. The third kappa shape index (κ3) is 4.32. The molecule has 1 heterocycles. The highest BCUT2D eigenvalue weighted by Crippen LogP contribution is 2.21. The Morgan fingerprint density at radius 1 is 1.12 bits per heavy atom. The molecule has 0 aliphatic rings. The van der Waals surface area contributed by atoms with Crippen LogP contribution in [0.2, 0.25) is 0 Å². The summed E-state index contributed by atoms with van der Waals surface area (Å²) in [6, 6.07) is 8.38. The number of ketones is 2. The van der Waals surface area contributed by atoms with Crippen LogP contribution in [0.4, 0.5) is 0 Å².